The van der Waals surface area contributed by atoms with E-state index in [1.54, 1.807) is 6.07 Å². The lowest BCUT2D eigenvalue weighted by Gasteiger charge is -2.09. The van der Waals surface area contributed by atoms with E-state index >= 15 is 0 Å². The van der Waals surface area contributed by atoms with E-state index in [4.69, 9.17) is 16.3 Å². The van der Waals surface area contributed by atoms with Gasteiger partial charge < -0.3 is 15.4 Å². The molecule has 0 radical (unpaired) electrons. The SMILES string of the molecule is O=C(COC(=O)CNC(=O)c1ccc(Cl)c([N+](=O)[O-])c1)Nc1ccc2c(c1)CCC2. The molecule has 0 aromatic heterocycles. The van der Waals surface area contributed by atoms with Gasteiger partial charge in [-0.1, -0.05) is 17.7 Å². The highest BCUT2D eigenvalue weighted by molar-refractivity contribution is 6.32. The molecule has 30 heavy (non-hydrogen) atoms. The molecule has 0 saturated heterocycles. The fraction of sp³-hybridized carbons (Fsp3) is 0.250. The van der Waals surface area contributed by atoms with E-state index in [-0.39, 0.29) is 10.6 Å². The molecule has 2 amide bonds. The zero-order valence-corrected chi connectivity index (χ0v) is 16.5. The van der Waals surface area contributed by atoms with Gasteiger partial charge in [0.05, 0.1) is 4.92 Å². The third-order valence-corrected chi connectivity index (χ3v) is 4.86. The largest absolute Gasteiger partial charge is 0.454 e. The number of nitrogens with one attached hydrogen (secondary N) is 2. The van der Waals surface area contributed by atoms with Crippen LogP contribution in [0.2, 0.25) is 5.02 Å². The van der Waals surface area contributed by atoms with Crippen LogP contribution in [0.5, 0.6) is 0 Å². The van der Waals surface area contributed by atoms with Crippen molar-refractivity contribution in [2.45, 2.75) is 19.3 Å². The second kappa shape index (κ2) is 9.36. The quantitative estimate of drug-likeness (QED) is 0.394. The van der Waals surface area contributed by atoms with Crippen molar-refractivity contribution in [3.8, 4) is 0 Å². The molecule has 10 heteroatoms. The second-order valence-corrected chi connectivity index (χ2v) is 7.06. The van der Waals surface area contributed by atoms with Gasteiger partial charge in [0.25, 0.3) is 17.5 Å². The highest BCUT2D eigenvalue weighted by Crippen LogP contribution is 2.25. The first-order valence-corrected chi connectivity index (χ1v) is 9.50. The fourth-order valence-corrected chi connectivity index (χ4v) is 3.28. The Labute approximate surface area is 176 Å². The summed E-state index contributed by atoms with van der Waals surface area (Å²) in [4.78, 5) is 45.9. The summed E-state index contributed by atoms with van der Waals surface area (Å²) in [7, 11) is 0. The maximum absolute atomic E-state index is 12.0. The van der Waals surface area contributed by atoms with Crippen LogP contribution in [0, 0.1) is 10.1 Å². The van der Waals surface area contributed by atoms with Gasteiger partial charge in [-0.3, -0.25) is 24.5 Å². The van der Waals surface area contributed by atoms with E-state index < -0.39 is 41.5 Å². The average molecular weight is 432 g/mol. The monoisotopic (exact) mass is 431 g/mol. The number of esters is 1. The predicted molar refractivity (Wildman–Crippen MR) is 108 cm³/mol. The molecule has 0 spiro atoms. The molecule has 0 saturated carbocycles. The van der Waals surface area contributed by atoms with Crippen molar-refractivity contribution in [1.29, 1.82) is 0 Å². The molecular formula is C20H18ClN3O6. The Balaban J connectivity index is 1.44. The minimum absolute atomic E-state index is 0.0340. The van der Waals surface area contributed by atoms with Gasteiger partial charge >= 0.3 is 5.97 Å². The Kier molecular flexibility index (Phi) is 6.63. The number of halogens is 1. The first kappa shape index (κ1) is 21.3. The summed E-state index contributed by atoms with van der Waals surface area (Å²) >= 11 is 5.69. The molecule has 9 nitrogen and oxygen atoms in total. The molecule has 0 unspecified atom stereocenters. The van der Waals surface area contributed by atoms with Crippen LogP contribution in [0.1, 0.15) is 27.9 Å². The van der Waals surface area contributed by atoms with Crippen LogP contribution in [0.4, 0.5) is 11.4 Å². The summed E-state index contributed by atoms with van der Waals surface area (Å²) in [6, 6.07) is 9.20. The Morgan fingerprint density at radius 1 is 1.10 bits per heavy atom. The molecule has 1 aliphatic rings. The highest BCUT2D eigenvalue weighted by Gasteiger charge is 2.17. The Hall–Kier alpha value is -3.46. The maximum Gasteiger partial charge on any atom is 0.325 e. The number of hydrogen-bond donors (Lipinski definition) is 2. The van der Waals surface area contributed by atoms with Crippen molar-refractivity contribution in [1.82, 2.24) is 5.32 Å². The van der Waals surface area contributed by atoms with Crippen LogP contribution in [0.15, 0.2) is 36.4 Å². The number of hydrogen-bond acceptors (Lipinski definition) is 6. The fourth-order valence-electron chi connectivity index (χ4n) is 3.09. The standard InChI is InChI=1S/C20H18ClN3O6/c21-16-7-5-14(9-17(16)24(28)29)20(27)22-10-19(26)30-11-18(25)23-15-6-4-12-2-1-3-13(12)8-15/h4-9H,1-3,10-11H2,(H,22,27)(H,23,25). The van der Waals surface area contributed by atoms with Crippen molar-refractivity contribution >= 4 is 40.8 Å². The molecule has 1 aliphatic carbocycles. The minimum atomic E-state index is -0.823. The van der Waals surface area contributed by atoms with Crippen LogP contribution in [-0.4, -0.2) is 35.9 Å². The molecule has 2 aromatic carbocycles. The Morgan fingerprint density at radius 3 is 2.63 bits per heavy atom. The van der Waals surface area contributed by atoms with Crippen molar-refractivity contribution in [3.05, 3.63) is 68.2 Å². The average Bonchev–Trinajstić information content (AvgIpc) is 3.18. The number of aryl methyl sites for hydroxylation is 2. The lowest BCUT2D eigenvalue weighted by molar-refractivity contribution is -0.384. The van der Waals surface area contributed by atoms with Gasteiger partial charge in [0.2, 0.25) is 0 Å². The first-order valence-electron chi connectivity index (χ1n) is 9.13. The molecule has 156 valence electrons. The summed E-state index contributed by atoms with van der Waals surface area (Å²) < 4.78 is 4.84. The highest BCUT2D eigenvalue weighted by atomic mass is 35.5. The van der Waals surface area contributed by atoms with Crippen molar-refractivity contribution in [2.24, 2.45) is 0 Å². The summed E-state index contributed by atoms with van der Waals surface area (Å²) in [6.07, 6.45) is 3.11. The van der Waals surface area contributed by atoms with Crippen molar-refractivity contribution in [3.63, 3.8) is 0 Å². The topological polar surface area (TPSA) is 128 Å². The number of nitro groups is 1. The van der Waals surface area contributed by atoms with Crippen molar-refractivity contribution in [2.75, 3.05) is 18.5 Å². The van der Waals surface area contributed by atoms with E-state index in [1.165, 1.54) is 23.3 Å². The summed E-state index contributed by atoms with van der Waals surface area (Å²) in [5.74, 6) is -2.04. The van der Waals surface area contributed by atoms with E-state index in [2.05, 4.69) is 10.6 Å². The molecule has 0 bridgehead atoms. The van der Waals surface area contributed by atoms with Crippen molar-refractivity contribution < 1.29 is 24.0 Å². The number of carbonyl (C=O) groups excluding carboxylic acids is 3. The Morgan fingerprint density at radius 2 is 1.87 bits per heavy atom. The number of fused-ring (bicyclic) bond motifs is 1. The van der Waals surface area contributed by atoms with Gasteiger partial charge in [0, 0.05) is 17.3 Å². The summed E-state index contributed by atoms with van der Waals surface area (Å²) in [5.41, 5.74) is 2.66. The molecule has 2 N–H and O–H groups in total. The molecule has 2 aromatic rings. The van der Waals surface area contributed by atoms with Gasteiger partial charge in [-0.05, 0) is 54.7 Å². The number of carbonyl (C=O) groups is 3. The minimum Gasteiger partial charge on any atom is -0.454 e. The number of anilines is 1. The molecule has 0 heterocycles. The lowest BCUT2D eigenvalue weighted by Crippen LogP contribution is -2.32. The molecular weight excluding hydrogens is 414 g/mol. The van der Waals surface area contributed by atoms with E-state index in [1.807, 2.05) is 12.1 Å². The number of nitro benzene ring substituents is 1. The lowest BCUT2D eigenvalue weighted by atomic mass is 10.1. The summed E-state index contributed by atoms with van der Waals surface area (Å²) in [6.45, 7) is -1.00. The Bertz CT molecular complexity index is 1020. The van der Waals surface area contributed by atoms with Gasteiger partial charge in [-0.2, -0.15) is 0 Å². The van der Waals surface area contributed by atoms with Crippen LogP contribution < -0.4 is 10.6 Å². The smallest absolute Gasteiger partial charge is 0.325 e. The van der Waals surface area contributed by atoms with Gasteiger partial charge in [-0.25, -0.2) is 0 Å². The number of rotatable bonds is 7. The summed E-state index contributed by atoms with van der Waals surface area (Å²) in [5, 5.41) is 15.7. The molecule has 0 atom stereocenters. The number of benzene rings is 2. The van der Waals surface area contributed by atoms with Gasteiger partial charge in [-0.15, -0.1) is 0 Å². The van der Waals surface area contributed by atoms with E-state index in [9.17, 15) is 24.5 Å². The number of nitrogens with zero attached hydrogens (tertiary/aromatic N) is 1. The zero-order valence-electron chi connectivity index (χ0n) is 15.8. The third-order valence-electron chi connectivity index (χ3n) is 4.54. The number of ether oxygens (including phenoxy) is 1. The molecule has 0 aliphatic heterocycles. The van der Waals surface area contributed by atoms with Crippen LogP contribution >= 0.6 is 11.6 Å². The molecule has 3 rings (SSSR count). The van der Waals surface area contributed by atoms with E-state index in [0.29, 0.717) is 5.69 Å². The van der Waals surface area contributed by atoms with Crippen LogP contribution in [-0.2, 0) is 27.2 Å². The predicted octanol–water partition coefficient (Wildman–Crippen LogP) is 2.65. The molecule has 0 fully saturated rings. The van der Waals surface area contributed by atoms with Crippen LogP contribution in [0.25, 0.3) is 0 Å². The van der Waals surface area contributed by atoms with Crippen LogP contribution in [0.3, 0.4) is 0 Å². The number of amides is 2. The maximum atomic E-state index is 12.0. The van der Waals surface area contributed by atoms with Gasteiger partial charge in [0.1, 0.15) is 11.6 Å². The first-order chi connectivity index (χ1) is 14.3. The third kappa shape index (κ3) is 5.32. The normalized spacial score (nSPS) is 12.0. The van der Waals surface area contributed by atoms with E-state index in [0.717, 1.165) is 25.3 Å². The van der Waals surface area contributed by atoms with Gasteiger partial charge in [0.15, 0.2) is 6.61 Å². The zero-order chi connectivity index (χ0) is 21.7. The second-order valence-electron chi connectivity index (χ2n) is 6.65.